The van der Waals surface area contributed by atoms with E-state index in [1.165, 1.54) is 43.4 Å². The lowest BCUT2D eigenvalue weighted by Crippen LogP contribution is -2.52. The molecule has 8 nitrogen and oxygen atoms in total. The molecule has 2 atom stereocenters. The van der Waals surface area contributed by atoms with Gasteiger partial charge in [0.05, 0.1) is 17.3 Å². The molecule has 3 rings (SSSR count). The Morgan fingerprint density at radius 3 is 2.59 bits per heavy atom. The van der Waals surface area contributed by atoms with Crippen LogP contribution in [0.4, 0.5) is 18.9 Å². The number of sulfonamides is 1. The number of likely N-dealkylation sites (tertiary alicyclic amines) is 1. The van der Waals surface area contributed by atoms with Crippen LogP contribution in [0.2, 0.25) is 5.02 Å². The highest BCUT2D eigenvalue weighted by Crippen LogP contribution is 2.38. The number of piperidine rings is 1. The Morgan fingerprint density at radius 1 is 1.24 bits per heavy atom. The SMILES string of the molecule is CN(CCC(O)N1CCCCC1C(=O)Nc1ccc(-c2ccccc2OC(F)(F)F)c(Cl)c1)S(C)(=O)=O. The van der Waals surface area contributed by atoms with Gasteiger partial charge in [-0.15, -0.1) is 13.2 Å². The van der Waals surface area contributed by atoms with Crippen LogP contribution in [0.3, 0.4) is 0 Å². The summed E-state index contributed by atoms with van der Waals surface area (Å²) in [5, 5.41) is 13.6. The molecular weight excluding hydrogens is 535 g/mol. The summed E-state index contributed by atoms with van der Waals surface area (Å²) >= 11 is 6.37. The van der Waals surface area contributed by atoms with Gasteiger partial charge in [-0.2, -0.15) is 0 Å². The number of benzene rings is 2. The number of amides is 1. The predicted octanol–water partition coefficient (Wildman–Crippen LogP) is 4.30. The maximum absolute atomic E-state index is 13.1. The monoisotopic (exact) mass is 563 g/mol. The zero-order chi connectivity index (χ0) is 27.4. The third-order valence-corrected chi connectivity index (χ3v) is 7.77. The van der Waals surface area contributed by atoms with Crippen LogP contribution < -0.4 is 10.1 Å². The highest BCUT2D eigenvalue weighted by atomic mass is 35.5. The van der Waals surface area contributed by atoms with Crippen molar-refractivity contribution in [3.63, 3.8) is 0 Å². The molecule has 2 N–H and O–H groups in total. The fraction of sp³-hybridized carbons (Fsp3) is 0.458. The van der Waals surface area contributed by atoms with Gasteiger partial charge in [-0.25, -0.2) is 12.7 Å². The van der Waals surface area contributed by atoms with E-state index in [2.05, 4.69) is 10.1 Å². The van der Waals surface area contributed by atoms with E-state index >= 15 is 0 Å². The summed E-state index contributed by atoms with van der Waals surface area (Å²) in [4.78, 5) is 14.7. The van der Waals surface area contributed by atoms with E-state index in [1.54, 1.807) is 11.0 Å². The number of anilines is 1. The third-order valence-electron chi connectivity index (χ3n) is 6.14. The molecule has 37 heavy (non-hydrogen) atoms. The molecule has 0 spiro atoms. The molecule has 0 aliphatic carbocycles. The van der Waals surface area contributed by atoms with Gasteiger partial charge in [0.1, 0.15) is 12.0 Å². The van der Waals surface area contributed by atoms with E-state index in [9.17, 15) is 31.5 Å². The van der Waals surface area contributed by atoms with Crippen molar-refractivity contribution in [2.45, 2.75) is 44.3 Å². The normalized spacial score (nSPS) is 18.0. The smallest absolute Gasteiger partial charge is 0.405 e. The fourth-order valence-corrected chi connectivity index (χ4v) is 4.88. The van der Waals surface area contributed by atoms with Gasteiger partial charge in [0.15, 0.2) is 0 Å². The Morgan fingerprint density at radius 2 is 1.95 bits per heavy atom. The standard InChI is InChI=1S/C24H29ClF3N3O5S/c1-30(37(2,34)35)14-12-22(32)31-13-6-5-8-20(31)23(33)29-16-10-11-17(19(25)15-16)18-7-3-4-9-21(18)36-24(26,27)28/h3-4,7,9-11,15,20,22,32H,5-6,8,12-14H2,1-2H3,(H,29,33). The molecular formula is C24H29ClF3N3O5S. The Bertz CT molecular complexity index is 1210. The number of aliphatic hydroxyl groups excluding tert-OH is 1. The summed E-state index contributed by atoms with van der Waals surface area (Å²) in [6, 6.07) is 9.40. The molecule has 1 saturated heterocycles. The summed E-state index contributed by atoms with van der Waals surface area (Å²) in [6.45, 7) is 0.568. The maximum Gasteiger partial charge on any atom is 0.573 e. The number of ether oxygens (including phenoxy) is 1. The second-order valence-electron chi connectivity index (χ2n) is 8.83. The van der Waals surface area contributed by atoms with Crippen LogP contribution in [0.5, 0.6) is 5.75 Å². The van der Waals surface area contributed by atoms with Crippen LogP contribution in [0, 0.1) is 0 Å². The molecule has 13 heteroatoms. The molecule has 0 bridgehead atoms. The molecule has 1 fully saturated rings. The summed E-state index contributed by atoms with van der Waals surface area (Å²) in [7, 11) is -1.97. The largest absolute Gasteiger partial charge is 0.573 e. The lowest BCUT2D eigenvalue weighted by Gasteiger charge is -2.38. The van der Waals surface area contributed by atoms with Gasteiger partial charge in [0.25, 0.3) is 0 Å². The summed E-state index contributed by atoms with van der Waals surface area (Å²) < 4.78 is 66.9. The molecule has 2 unspecified atom stereocenters. The lowest BCUT2D eigenvalue weighted by atomic mass is 10.00. The average molecular weight is 564 g/mol. The van der Waals surface area contributed by atoms with Crippen LogP contribution in [0.15, 0.2) is 42.5 Å². The van der Waals surface area contributed by atoms with Gasteiger partial charge in [-0.05, 0) is 31.0 Å². The first-order chi connectivity index (χ1) is 17.3. The number of halogens is 4. The van der Waals surface area contributed by atoms with E-state index in [4.69, 9.17) is 11.6 Å². The number of rotatable bonds is 9. The quantitative estimate of drug-likeness (QED) is 0.472. The van der Waals surface area contributed by atoms with Crippen molar-refractivity contribution < 1.29 is 36.2 Å². The number of aliphatic hydroxyl groups is 1. The Labute approximate surface area is 219 Å². The minimum absolute atomic E-state index is 0.0986. The molecule has 204 valence electrons. The molecule has 0 radical (unpaired) electrons. The van der Waals surface area contributed by atoms with Crippen LogP contribution >= 0.6 is 11.6 Å². The number of carbonyl (C=O) groups excluding carboxylic acids is 1. The van der Waals surface area contributed by atoms with Crippen molar-refractivity contribution in [1.29, 1.82) is 0 Å². The number of hydrogen-bond donors (Lipinski definition) is 2. The molecule has 1 heterocycles. The molecule has 1 aliphatic heterocycles. The van der Waals surface area contributed by atoms with E-state index in [1.807, 2.05) is 0 Å². The van der Waals surface area contributed by atoms with Gasteiger partial charge < -0.3 is 15.2 Å². The first-order valence-electron chi connectivity index (χ1n) is 11.6. The first kappa shape index (κ1) is 29.2. The van der Waals surface area contributed by atoms with Crippen LogP contribution in [0.25, 0.3) is 11.1 Å². The Kier molecular flexibility index (Phi) is 9.46. The van der Waals surface area contributed by atoms with Gasteiger partial charge in [0, 0.05) is 43.4 Å². The van der Waals surface area contributed by atoms with Crippen molar-refractivity contribution in [2.24, 2.45) is 0 Å². The third kappa shape index (κ3) is 8.05. The average Bonchev–Trinajstić information content (AvgIpc) is 2.81. The van der Waals surface area contributed by atoms with Gasteiger partial charge in [0.2, 0.25) is 15.9 Å². The summed E-state index contributed by atoms with van der Waals surface area (Å²) in [5.41, 5.74) is 0.775. The minimum Gasteiger partial charge on any atom is -0.405 e. The zero-order valence-corrected chi connectivity index (χ0v) is 21.9. The number of carbonyl (C=O) groups is 1. The number of alkyl halides is 3. The van der Waals surface area contributed by atoms with Crippen LogP contribution in [-0.2, 0) is 14.8 Å². The molecule has 0 aromatic heterocycles. The topological polar surface area (TPSA) is 99.2 Å². The molecule has 2 aromatic rings. The number of hydrogen-bond acceptors (Lipinski definition) is 6. The fourth-order valence-electron chi connectivity index (χ4n) is 4.16. The van der Waals surface area contributed by atoms with E-state index in [0.29, 0.717) is 24.2 Å². The van der Waals surface area contributed by atoms with Gasteiger partial charge >= 0.3 is 6.36 Å². The van der Waals surface area contributed by atoms with Crippen molar-refractivity contribution in [2.75, 3.05) is 31.7 Å². The molecule has 1 amide bonds. The van der Waals surface area contributed by atoms with Crippen LogP contribution in [-0.4, -0.2) is 73.7 Å². The van der Waals surface area contributed by atoms with Gasteiger partial charge in [-0.3, -0.25) is 9.69 Å². The number of para-hydroxylation sites is 1. The first-order valence-corrected chi connectivity index (χ1v) is 13.8. The molecule has 1 aliphatic rings. The molecule has 2 aromatic carbocycles. The van der Waals surface area contributed by atoms with Crippen LogP contribution in [0.1, 0.15) is 25.7 Å². The van der Waals surface area contributed by atoms with Crippen molar-refractivity contribution in [1.82, 2.24) is 9.21 Å². The number of nitrogens with zero attached hydrogens (tertiary/aromatic N) is 2. The van der Waals surface area contributed by atoms with Crippen molar-refractivity contribution >= 4 is 33.2 Å². The van der Waals surface area contributed by atoms with E-state index < -0.39 is 34.4 Å². The van der Waals surface area contributed by atoms with E-state index in [0.717, 1.165) is 23.4 Å². The zero-order valence-electron chi connectivity index (χ0n) is 20.3. The predicted molar refractivity (Wildman–Crippen MR) is 135 cm³/mol. The second-order valence-corrected chi connectivity index (χ2v) is 11.3. The highest BCUT2D eigenvalue weighted by molar-refractivity contribution is 7.88. The van der Waals surface area contributed by atoms with Crippen molar-refractivity contribution in [3.05, 3.63) is 47.5 Å². The Balaban J connectivity index is 1.72. The van der Waals surface area contributed by atoms with E-state index in [-0.39, 0.29) is 29.5 Å². The van der Waals surface area contributed by atoms with Crippen molar-refractivity contribution in [3.8, 4) is 16.9 Å². The lowest BCUT2D eigenvalue weighted by molar-refractivity contribution is -0.274. The maximum atomic E-state index is 13.1. The Hall–Kier alpha value is -2.38. The summed E-state index contributed by atoms with van der Waals surface area (Å²) in [6.07, 6.45) is -2.62. The summed E-state index contributed by atoms with van der Waals surface area (Å²) in [5.74, 6) is -0.776. The molecule has 0 saturated carbocycles. The highest BCUT2D eigenvalue weighted by Gasteiger charge is 2.34. The minimum atomic E-state index is -4.87. The number of nitrogens with one attached hydrogen (secondary N) is 1. The van der Waals surface area contributed by atoms with Gasteiger partial charge in [-0.1, -0.05) is 42.3 Å². The second kappa shape index (κ2) is 12.0.